The van der Waals surface area contributed by atoms with E-state index in [1.54, 1.807) is 6.21 Å². The fourth-order valence-electron chi connectivity index (χ4n) is 1.76. The topological polar surface area (TPSA) is 50.7 Å². The van der Waals surface area contributed by atoms with Gasteiger partial charge in [-0.25, -0.2) is 0 Å². The van der Waals surface area contributed by atoms with Gasteiger partial charge in [-0.2, -0.15) is 0 Å². The van der Waals surface area contributed by atoms with Gasteiger partial charge in [-0.15, -0.1) is 0 Å². The SMILES string of the molecule is CC(C)(C)c1ccc(C=NOCC(=O)NC2CC2)cc1. The van der Waals surface area contributed by atoms with Gasteiger partial charge in [0.25, 0.3) is 5.91 Å². The summed E-state index contributed by atoms with van der Waals surface area (Å²) in [5.41, 5.74) is 2.38. The minimum Gasteiger partial charge on any atom is -0.386 e. The first kappa shape index (κ1) is 14.6. The third kappa shape index (κ3) is 4.68. The quantitative estimate of drug-likeness (QED) is 0.663. The molecular weight excluding hydrogens is 252 g/mol. The van der Waals surface area contributed by atoms with Gasteiger partial charge >= 0.3 is 0 Å². The molecule has 0 saturated heterocycles. The predicted molar refractivity (Wildman–Crippen MR) is 79.9 cm³/mol. The maximum absolute atomic E-state index is 11.3. The van der Waals surface area contributed by atoms with Gasteiger partial charge in [0.15, 0.2) is 6.61 Å². The average molecular weight is 274 g/mol. The number of rotatable bonds is 5. The number of carbonyl (C=O) groups excluding carboxylic acids is 1. The Labute approximate surface area is 120 Å². The molecule has 0 aromatic heterocycles. The lowest BCUT2D eigenvalue weighted by molar-refractivity contribution is -0.125. The Bertz CT molecular complexity index is 482. The van der Waals surface area contributed by atoms with E-state index >= 15 is 0 Å². The second-order valence-electron chi connectivity index (χ2n) is 6.22. The monoisotopic (exact) mass is 274 g/mol. The van der Waals surface area contributed by atoms with Crippen LogP contribution in [0, 0.1) is 0 Å². The molecule has 0 heterocycles. The van der Waals surface area contributed by atoms with Crippen LogP contribution >= 0.6 is 0 Å². The molecule has 0 atom stereocenters. The zero-order chi connectivity index (χ0) is 14.6. The van der Waals surface area contributed by atoms with Crippen LogP contribution in [0.1, 0.15) is 44.7 Å². The molecule has 1 aliphatic rings. The van der Waals surface area contributed by atoms with Crippen molar-refractivity contribution in [2.24, 2.45) is 5.16 Å². The molecule has 1 aliphatic carbocycles. The molecule has 2 rings (SSSR count). The molecule has 4 heteroatoms. The van der Waals surface area contributed by atoms with Gasteiger partial charge in [0.1, 0.15) is 0 Å². The number of hydrogen-bond donors (Lipinski definition) is 1. The second kappa shape index (κ2) is 6.07. The summed E-state index contributed by atoms with van der Waals surface area (Å²) in [5.74, 6) is -0.104. The van der Waals surface area contributed by atoms with Crippen LogP contribution in [0.25, 0.3) is 0 Å². The number of hydrogen-bond acceptors (Lipinski definition) is 3. The van der Waals surface area contributed by atoms with E-state index in [0.717, 1.165) is 18.4 Å². The highest BCUT2D eigenvalue weighted by molar-refractivity contribution is 5.80. The highest BCUT2D eigenvalue weighted by Crippen LogP contribution is 2.21. The third-order valence-corrected chi connectivity index (χ3v) is 3.19. The Morgan fingerprint density at radius 1 is 1.35 bits per heavy atom. The van der Waals surface area contributed by atoms with Gasteiger partial charge in [0.2, 0.25) is 0 Å². The number of oxime groups is 1. The molecule has 1 aromatic rings. The smallest absolute Gasteiger partial charge is 0.260 e. The van der Waals surface area contributed by atoms with Crippen LogP contribution in [-0.2, 0) is 15.0 Å². The van der Waals surface area contributed by atoms with Crippen molar-refractivity contribution in [3.8, 4) is 0 Å². The van der Waals surface area contributed by atoms with Crippen molar-refractivity contribution in [1.82, 2.24) is 5.32 Å². The van der Waals surface area contributed by atoms with Crippen molar-refractivity contribution in [2.75, 3.05) is 6.61 Å². The Balaban J connectivity index is 1.77. The first-order chi connectivity index (χ1) is 9.45. The highest BCUT2D eigenvalue weighted by Gasteiger charge is 2.23. The summed E-state index contributed by atoms with van der Waals surface area (Å²) >= 11 is 0. The summed E-state index contributed by atoms with van der Waals surface area (Å²) in [7, 11) is 0. The van der Waals surface area contributed by atoms with Crippen LogP contribution in [0.4, 0.5) is 0 Å². The van der Waals surface area contributed by atoms with Crippen LogP contribution in [0.5, 0.6) is 0 Å². The Morgan fingerprint density at radius 3 is 2.55 bits per heavy atom. The lowest BCUT2D eigenvalue weighted by atomic mass is 9.87. The molecule has 0 unspecified atom stereocenters. The average Bonchev–Trinajstić information content (AvgIpc) is 3.18. The van der Waals surface area contributed by atoms with Crippen LogP contribution in [0.3, 0.4) is 0 Å². The van der Waals surface area contributed by atoms with E-state index in [2.05, 4.69) is 43.4 Å². The van der Waals surface area contributed by atoms with E-state index in [-0.39, 0.29) is 17.9 Å². The van der Waals surface area contributed by atoms with E-state index in [4.69, 9.17) is 4.84 Å². The molecule has 0 bridgehead atoms. The molecule has 108 valence electrons. The normalized spacial score (nSPS) is 15.3. The fraction of sp³-hybridized carbons (Fsp3) is 0.500. The van der Waals surface area contributed by atoms with Gasteiger partial charge in [0.05, 0.1) is 6.21 Å². The third-order valence-electron chi connectivity index (χ3n) is 3.19. The summed E-state index contributed by atoms with van der Waals surface area (Å²) in [5, 5.41) is 6.65. The minimum atomic E-state index is -0.104. The number of nitrogens with one attached hydrogen (secondary N) is 1. The van der Waals surface area contributed by atoms with Crippen molar-refractivity contribution < 1.29 is 9.63 Å². The number of carbonyl (C=O) groups is 1. The molecule has 0 aliphatic heterocycles. The first-order valence-electron chi connectivity index (χ1n) is 7.00. The van der Waals surface area contributed by atoms with Crippen LogP contribution in [0.15, 0.2) is 29.4 Å². The van der Waals surface area contributed by atoms with Crippen molar-refractivity contribution in [3.63, 3.8) is 0 Å². The fourth-order valence-corrected chi connectivity index (χ4v) is 1.76. The minimum absolute atomic E-state index is 0.0208. The molecule has 1 fully saturated rings. The Morgan fingerprint density at radius 2 is 2.00 bits per heavy atom. The number of benzene rings is 1. The Kier molecular flexibility index (Phi) is 4.42. The maximum atomic E-state index is 11.3. The summed E-state index contributed by atoms with van der Waals surface area (Å²) in [6.45, 7) is 6.51. The molecule has 4 nitrogen and oxygen atoms in total. The van der Waals surface area contributed by atoms with Crippen molar-refractivity contribution >= 4 is 12.1 Å². The lowest BCUT2D eigenvalue weighted by Gasteiger charge is -2.18. The van der Waals surface area contributed by atoms with E-state index in [9.17, 15) is 4.79 Å². The molecule has 1 N–H and O–H groups in total. The van der Waals surface area contributed by atoms with E-state index in [1.165, 1.54) is 5.56 Å². The van der Waals surface area contributed by atoms with Crippen LogP contribution < -0.4 is 5.32 Å². The van der Waals surface area contributed by atoms with Gasteiger partial charge in [0, 0.05) is 6.04 Å². The van der Waals surface area contributed by atoms with Crippen molar-refractivity contribution in [1.29, 1.82) is 0 Å². The Hall–Kier alpha value is -1.84. The molecule has 0 spiro atoms. The van der Waals surface area contributed by atoms with Gasteiger partial charge in [-0.3, -0.25) is 4.79 Å². The zero-order valence-electron chi connectivity index (χ0n) is 12.3. The molecule has 20 heavy (non-hydrogen) atoms. The number of amides is 1. The molecular formula is C16H22N2O2. The van der Waals surface area contributed by atoms with Gasteiger partial charge in [-0.05, 0) is 29.4 Å². The lowest BCUT2D eigenvalue weighted by Crippen LogP contribution is -2.28. The first-order valence-corrected chi connectivity index (χ1v) is 7.00. The molecule has 1 aromatic carbocycles. The van der Waals surface area contributed by atoms with Crippen LogP contribution in [-0.4, -0.2) is 24.8 Å². The standard InChI is InChI=1S/C16H22N2O2/c1-16(2,3)13-6-4-12(5-7-13)10-17-20-11-15(19)18-14-8-9-14/h4-7,10,14H,8-9,11H2,1-3H3,(H,18,19). The summed E-state index contributed by atoms with van der Waals surface area (Å²) in [6, 6.07) is 8.53. The largest absolute Gasteiger partial charge is 0.386 e. The summed E-state index contributed by atoms with van der Waals surface area (Å²) in [4.78, 5) is 16.3. The summed E-state index contributed by atoms with van der Waals surface area (Å²) < 4.78 is 0. The molecule has 1 amide bonds. The highest BCUT2D eigenvalue weighted by atomic mass is 16.6. The van der Waals surface area contributed by atoms with E-state index < -0.39 is 0 Å². The molecule has 1 saturated carbocycles. The molecule has 0 radical (unpaired) electrons. The summed E-state index contributed by atoms with van der Waals surface area (Å²) in [6.07, 6.45) is 3.78. The second-order valence-corrected chi connectivity index (χ2v) is 6.22. The maximum Gasteiger partial charge on any atom is 0.260 e. The van der Waals surface area contributed by atoms with E-state index in [0.29, 0.717) is 6.04 Å². The number of nitrogens with zero attached hydrogens (tertiary/aromatic N) is 1. The van der Waals surface area contributed by atoms with Crippen molar-refractivity contribution in [2.45, 2.75) is 45.1 Å². The van der Waals surface area contributed by atoms with Crippen LogP contribution in [0.2, 0.25) is 0 Å². The van der Waals surface area contributed by atoms with Gasteiger partial charge in [-0.1, -0.05) is 50.2 Å². The van der Waals surface area contributed by atoms with Crippen molar-refractivity contribution in [3.05, 3.63) is 35.4 Å². The predicted octanol–water partition coefficient (Wildman–Crippen LogP) is 2.61. The van der Waals surface area contributed by atoms with E-state index in [1.807, 2.05) is 12.1 Å². The van der Waals surface area contributed by atoms with Gasteiger partial charge < -0.3 is 10.2 Å². The zero-order valence-corrected chi connectivity index (χ0v) is 12.3.